The summed E-state index contributed by atoms with van der Waals surface area (Å²) in [5.74, 6) is 1.66. The first-order valence-electron chi connectivity index (χ1n) is 8.52. The summed E-state index contributed by atoms with van der Waals surface area (Å²) in [6.07, 6.45) is 4.81. The predicted molar refractivity (Wildman–Crippen MR) is 88.5 cm³/mol. The van der Waals surface area contributed by atoms with Crippen LogP contribution in [0.2, 0.25) is 0 Å². The molecule has 0 radical (unpaired) electrons. The van der Waals surface area contributed by atoms with E-state index in [0.29, 0.717) is 19.3 Å². The maximum atomic E-state index is 9.55. The molecule has 4 nitrogen and oxygen atoms in total. The third-order valence-electron chi connectivity index (χ3n) is 4.06. The van der Waals surface area contributed by atoms with E-state index in [-0.39, 0.29) is 6.10 Å². The van der Waals surface area contributed by atoms with Crippen molar-refractivity contribution in [2.45, 2.75) is 64.6 Å². The topological polar surface area (TPSA) is 50.7 Å². The Morgan fingerprint density at radius 3 is 2.55 bits per heavy atom. The molecule has 4 heteroatoms. The Kier molecular flexibility index (Phi) is 7.00. The minimum Gasteiger partial charge on any atom is -0.490 e. The summed E-state index contributed by atoms with van der Waals surface area (Å²) in [7, 11) is 0. The van der Waals surface area contributed by atoms with Crippen molar-refractivity contribution in [1.82, 2.24) is 5.32 Å². The van der Waals surface area contributed by atoms with Crippen LogP contribution < -0.4 is 14.8 Å². The summed E-state index contributed by atoms with van der Waals surface area (Å²) in [6, 6.07) is 6.68. The van der Waals surface area contributed by atoms with Gasteiger partial charge in [0.25, 0.3) is 0 Å². The Bertz CT molecular complexity index is 442. The molecule has 1 saturated carbocycles. The van der Waals surface area contributed by atoms with Gasteiger partial charge >= 0.3 is 0 Å². The number of rotatable bonds is 8. The molecule has 0 amide bonds. The number of aliphatic hydroxyl groups is 1. The van der Waals surface area contributed by atoms with E-state index in [1.165, 1.54) is 5.56 Å². The lowest BCUT2D eigenvalue weighted by atomic mass is 9.93. The molecule has 0 bridgehead atoms. The molecule has 22 heavy (non-hydrogen) atoms. The summed E-state index contributed by atoms with van der Waals surface area (Å²) in [5, 5.41) is 13.1. The highest BCUT2D eigenvalue weighted by atomic mass is 16.5. The summed E-state index contributed by atoms with van der Waals surface area (Å²) in [6.45, 7) is 6.26. The van der Waals surface area contributed by atoms with Crippen molar-refractivity contribution in [1.29, 1.82) is 0 Å². The minimum atomic E-state index is -0.0994. The van der Waals surface area contributed by atoms with Crippen LogP contribution in [0.15, 0.2) is 18.2 Å². The fourth-order valence-corrected chi connectivity index (χ4v) is 2.80. The average molecular weight is 307 g/mol. The lowest BCUT2D eigenvalue weighted by molar-refractivity contribution is 0.116. The second-order valence-corrected chi connectivity index (χ2v) is 5.95. The van der Waals surface area contributed by atoms with Gasteiger partial charge in [-0.1, -0.05) is 13.0 Å². The van der Waals surface area contributed by atoms with Crippen LogP contribution in [0.3, 0.4) is 0 Å². The molecule has 2 rings (SSSR count). The van der Waals surface area contributed by atoms with Gasteiger partial charge in [0.1, 0.15) is 0 Å². The van der Waals surface area contributed by atoms with Crippen molar-refractivity contribution in [3.05, 3.63) is 23.8 Å². The highest BCUT2D eigenvalue weighted by Gasteiger charge is 2.18. The fraction of sp³-hybridized carbons (Fsp3) is 0.667. The summed E-state index contributed by atoms with van der Waals surface area (Å²) in [5.41, 5.74) is 1.21. The third kappa shape index (κ3) is 5.18. The molecule has 0 unspecified atom stereocenters. The number of benzene rings is 1. The van der Waals surface area contributed by atoms with Gasteiger partial charge in [-0.2, -0.15) is 0 Å². The summed E-state index contributed by atoms with van der Waals surface area (Å²) >= 11 is 0. The van der Waals surface area contributed by atoms with Gasteiger partial charge in [-0.05, 0) is 56.7 Å². The second kappa shape index (κ2) is 9.01. The van der Waals surface area contributed by atoms with Crippen LogP contribution in [0.4, 0.5) is 0 Å². The highest BCUT2D eigenvalue weighted by molar-refractivity contribution is 5.43. The lowest BCUT2D eigenvalue weighted by Gasteiger charge is -2.26. The van der Waals surface area contributed by atoms with Gasteiger partial charge in [0.15, 0.2) is 11.5 Å². The van der Waals surface area contributed by atoms with E-state index in [4.69, 9.17) is 9.47 Å². The van der Waals surface area contributed by atoms with Gasteiger partial charge in [0.05, 0.1) is 19.3 Å². The zero-order chi connectivity index (χ0) is 15.8. The molecule has 0 aromatic heterocycles. The number of hydrogen-bond acceptors (Lipinski definition) is 4. The standard InChI is InChI=1S/C18H29NO3/c1-3-11-22-17-10-5-14(12-18(17)21-4-2)13-19-15-6-8-16(20)9-7-15/h5,10,12,15-16,19-20H,3-4,6-9,11,13H2,1-2H3. The van der Waals surface area contributed by atoms with E-state index >= 15 is 0 Å². The van der Waals surface area contributed by atoms with E-state index in [0.717, 1.165) is 50.1 Å². The number of nitrogens with one attached hydrogen (secondary N) is 1. The first-order valence-corrected chi connectivity index (χ1v) is 8.52. The number of ether oxygens (including phenoxy) is 2. The normalized spacial score (nSPS) is 21.6. The van der Waals surface area contributed by atoms with Gasteiger partial charge in [-0.3, -0.25) is 0 Å². The Morgan fingerprint density at radius 2 is 1.86 bits per heavy atom. The number of hydrogen-bond donors (Lipinski definition) is 2. The van der Waals surface area contributed by atoms with Gasteiger partial charge in [0.2, 0.25) is 0 Å². The summed E-state index contributed by atoms with van der Waals surface area (Å²) in [4.78, 5) is 0. The lowest BCUT2D eigenvalue weighted by Crippen LogP contribution is -2.34. The molecule has 1 fully saturated rings. The molecular weight excluding hydrogens is 278 g/mol. The van der Waals surface area contributed by atoms with Crippen molar-refractivity contribution in [2.75, 3.05) is 13.2 Å². The first kappa shape index (κ1) is 17.1. The van der Waals surface area contributed by atoms with Gasteiger partial charge in [-0.25, -0.2) is 0 Å². The molecule has 1 aliphatic carbocycles. The van der Waals surface area contributed by atoms with E-state index in [1.807, 2.05) is 13.0 Å². The highest BCUT2D eigenvalue weighted by Crippen LogP contribution is 2.29. The van der Waals surface area contributed by atoms with E-state index in [2.05, 4.69) is 24.4 Å². The van der Waals surface area contributed by atoms with E-state index in [9.17, 15) is 5.11 Å². The van der Waals surface area contributed by atoms with Crippen molar-refractivity contribution in [3.63, 3.8) is 0 Å². The first-order chi connectivity index (χ1) is 10.7. The Morgan fingerprint density at radius 1 is 1.09 bits per heavy atom. The van der Waals surface area contributed by atoms with Crippen LogP contribution in [-0.4, -0.2) is 30.5 Å². The molecule has 124 valence electrons. The molecule has 0 saturated heterocycles. The van der Waals surface area contributed by atoms with Crippen LogP contribution in [-0.2, 0) is 6.54 Å². The zero-order valence-electron chi connectivity index (χ0n) is 13.8. The molecule has 0 spiro atoms. The third-order valence-corrected chi connectivity index (χ3v) is 4.06. The van der Waals surface area contributed by atoms with Crippen molar-refractivity contribution in [2.24, 2.45) is 0 Å². The molecule has 0 atom stereocenters. The maximum Gasteiger partial charge on any atom is 0.161 e. The molecule has 0 heterocycles. The Balaban J connectivity index is 1.91. The summed E-state index contributed by atoms with van der Waals surface area (Å²) < 4.78 is 11.4. The molecule has 1 aromatic rings. The number of aliphatic hydroxyl groups excluding tert-OH is 1. The van der Waals surface area contributed by atoms with Crippen LogP contribution in [0.1, 0.15) is 51.5 Å². The Labute approximate surface area is 133 Å². The van der Waals surface area contributed by atoms with Crippen LogP contribution >= 0.6 is 0 Å². The van der Waals surface area contributed by atoms with Crippen molar-refractivity contribution < 1.29 is 14.6 Å². The van der Waals surface area contributed by atoms with Gasteiger partial charge in [0, 0.05) is 12.6 Å². The average Bonchev–Trinajstić information content (AvgIpc) is 2.54. The molecule has 2 N–H and O–H groups in total. The van der Waals surface area contributed by atoms with Crippen molar-refractivity contribution >= 4 is 0 Å². The predicted octanol–water partition coefficient (Wildman–Crippen LogP) is 3.27. The largest absolute Gasteiger partial charge is 0.490 e. The Hall–Kier alpha value is -1.26. The van der Waals surface area contributed by atoms with Crippen LogP contribution in [0.25, 0.3) is 0 Å². The molecule has 0 aliphatic heterocycles. The fourth-order valence-electron chi connectivity index (χ4n) is 2.80. The zero-order valence-corrected chi connectivity index (χ0v) is 13.8. The molecular formula is C18H29NO3. The van der Waals surface area contributed by atoms with Gasteiger partial charge < -0.3 is 19.9 Å². The van der Waals surface area contributed by atoms with E-state index < -0.39 is 0 Å². The van der Waals surface area contributed by atoms with Crippen LogP contribution in [0.5, 0.6) is 11.5 Å². The quantitative estimate of drug-likeness (QED) is 0.774. The minimum absolute atomic E-state index is 0.0994. The molecule has 1 aromatic carbocycles. The monoisotopic (exact) mass is 307 g/mol. The van der Waals surface area contributed by atoms with E-state index in [1.54, 1.807) is 0 Å². The SMILES string of the molecule is CCCOc1ccc(CNC2CCC(O)CC2)cc1OCC. The second-order valence-electron chi connectivity index (χ2n) is 5.95. The van der Waals surface area contributed by atoms with Gasteiger partial charge in [-0.15, -0.1) is 0 Å². The smallest absolute Gasteiger partial charge is 0.161 e. The van der Waals surface area contributed by atoms with Crippen molar-refractivity contribution in [3.8, 4) is 11.5 Å². The molecule has 1 aliphatic rings. The van der Waals surface area contributed by atoms with Crippen LogP contribution in [0, 0.1) is 0 Å². The maximum absolute atomic E-state index is 9.55.